The van der Waals surface area contributed by atoms with Crippen LogP contribution in [0, 0.1) is 6.92 Å². The predicted octanol–water partition coefficient (Wildman–Crippen LogP) is 3.21. The highest BCUT2D eigenvalue weighted by Crippen LogP contribution is 2.33. The summed E-state index contributed by atoms with van der Waals surface area (Å²) in [4.78, 5) is 30.4. The molecule has 1 aromatic heterocycles. The van der Waals surface area contributed by atoms with Gasteiger partial charge in [-0.15, -0.1) is 0 Å². The molecule has 138 valence electrons. The molecule has 1 aromatic carbocycles. The molecule has 1 atom stereocenters. The molecule has 0 radical (unpaired) electrons. The second-order valence-corrected chi connectivity index (χ2v) is 8.16. The Morgan fingerprint density at radius 3 is 2.58 bits per heavy atom. The Morgan fingerprint density at radius 2 is 1.92 bits per heavy atom. The third-order valence-corrected chi connectivity index (χ3v) is 5.02. The molecule has 1 aliphatic rings. The lowest BCUT2D eigenvalue weighted by Crippen LogP contribution is -2.36. The molecule has 0 N–H and O–H groups in total. The number of likely N-dealkylation sites (tertiary alicyclic amines) is 1. The number of amides is 1. The lowest BCUT2D eigenvalue weighted by Gasteiger charge is -2.26. The second kappa shape index (κ2) is 7.06. The van der Waals surface area contributed by atoms with Crippen molar-refractivity contribution in [2.75, 3.05) is 6.54 Å². The van der Waals surface area contributed by atoms with Crippen molar-refractivity contribution in [2.45, 2.75) is 58.5 Å². The maximum atomic E-state index is 12.8. The van der Waals surface area contributed by atoms with E-state index in [-0.39, 0.29) is 29.6 Å². The molecule has 0 spiro atoms. The minimum Gasteiger partial charge on any atom is -0.334 e. The largest absolute Gasteiger partial charge is 0.347 e. The van der Waals surface area contributed by atoms with Crippen LogP contribution in [-0.4, -0.2) is 26.9 Å². The molecule has 1 saturated heterocycles. The molecule has 2 heterocycles. The summed E-state index contributed by atoms with van der Waals surface area (Å²) >= 11 is 0. The van der Waals surface area contributed by atoms with Crippen LogP contribution in [0.4, 0.5) is 0 Å². The standard InChI is InChI=1S/C21H27N3O2/c1-15-12-22-20(26)23(13-15)14-19(25)24-11-5-6-18(24)16-7-9-17(10-8-16)21(2,3)4/h7-10,12-13,18H,5-6,11,14H2,1-4H3. The first-order chi connectivity index (χ1) is 12.3. The van der Waals surface area contributed by atoms with Gasteiger partial charge in [-0.05, 0) is 41.9 Å². The number of carbonyl (C=O) groups is 1. The van der Waals surface area contributed by atoms with Crippen molar-refractivity contribution in [1.29, 1.82) is 0 Å². The molecular formula is C21H27N3O2. The first-order valence-electron chi connectivity index (χ1n) is 9.19. The summed E-state index contributed by atoms with van der Waals surface area (Å²) in [5.41, 5.74) is 3.05. The van der Waals surface area contributed by atoms with Gasteiger partial charge in [0.05, 0.1) is 6.04 Å². The molecule has 5 nitrogen and oxygen atoms in total. The van der Waals surface area contributed by atoms with Gasteiger partial charge in [0.2, 0.25) is 5.91 Å². The normalized spacial score (nSPS) is 17.5. The summed E-state index contributed by atoms with van der Waals surface area (Å²) in [7, 11) is 0. The third-order valence-electron chi connectivity index (χ3n) is 5.02. The third kappa shape index (κ3) is 3.87. The molecule has 0 saturated carbocycles. The van der Waals surface area contributed by atoms with E-state index in [0.717, 1.165) is 24.9 Å². The minimum atomic E-state index is -0.380. The van der Waals surface area contributed by atoms with Crippen LogP contribution >= 0.6 is 0 Å². The monoisotopic (exact) mass is 353 g/mol. The first-order valence-corrected chi connectivity index (χ1v) is 9.19. The topological polar surface area (TPSA) is 55.2 Å². The minimum absolute atomic E-state index is 0.0260. The van der Waals surface area contributed by atoms with Crippen LogP contribution in [0.2, 0.25) is 0 Å². The Morgan fingerprint density at radius 1 is 1.23 bits per heavy atom. The zero-order chi connectivity index (χ0) is 18.9. The van der Waals surface area contributed by atoms with Crippen LogP contribution in [0.25, 0.3) is 0 Å². The summed E-state index contributed by atoms with van der Waals surface area (Å²) in [6.45, 7) is 9.23. The van der Waals surface area contributed by atoms with Gasteiger partial charge in [-0.3, -0.25) is 9.36 Å². The van der Waals surface area contributed by atoms with Crippen LogP contribution in [0.1, 0.15) is 56.3 Å². The first kappa shape index (κ1) is 18.4. The second-order valence-electron chi connectivity index (χ2n) is 8.16. The Bertz CT molecular complexity index is 847. The van der Waals surface area contributed by atoms with E-state index in [0.29, 0.717) is 0 Å². The number of aryl methyl sites for hydroxylation is 1. The number of nitrogens with zero attached hydrogens (tertiary/aromatic N) is 3. The fourth-order valence-electron chi connectivity index (χ4n) is 3.53. The fourth-order valence-corrected chi connectivity index (χ4v) is 3.53. The van der Waals surface area contributed by atoms with E-state index in [4.69, 9.17) is 0 Å². The van der Waals surface area contributed by atoms with Crippen LogP contribution in [0.3, 0.4) is 0 Å². The molecule has 1 aliphatic heterocycles. The van der Waals surface area contributed by atoms with Gasteiger partial charge in [0, 0.05) is 18.9 Å². The van der Waals surface area contributed by atoms with Gasteiger partial charge in [-0.2, -0.15) is 0 Å². The van der Waals surface area contributed by atoms with Crippen molar-refractivity contribution in [3.63, 3.8) is 0 Å². The van der Waals surface area contributed by atoms with E-state index in [1.165, 1.54) is 21.9 Å². The van der Waals surface area contributed by atoms with Crippen molar-refractivity contribution < 1.29 is 4.79 Å². The van der Waals surface area contributed by atoms with E-state index in [1.54, 1.807) is 6.20 Å². The number of hydrogen-bond donors (Lipinski definition) is 0. The molecule has 26 heavy (non-hydrogen) atoms. The average Bonchev–Trinajstić information content (AvgIpc) is 3.07. The van der Waals surface area contributed by atoms with Crippen LogP contribution in [0.15, 0.2) is 41.5 Å². The van der Waals surface area contributed by atoms with Gasteiger partial charge in [-0.1, -0.05) is 45.0 Å². The van der Waals surface area contributed by atoms with Gasteiger partial charge in [0.25, 0.3) is 0 Å². The summed E-state index contributed by atoms with van der Waals surface area (Å²) in [5, 5.41) is 0. The molecule has 1 amide bonds. The van der Waals surface area contributed by atoms with Crippen molar-refractivity contribution in [1.82, 2.24) is 14.5 Å². The van der Waals surface area contributed by atoms with Crippen molar-refractivity contribution in [2.24, 2.45) is 0 Å². The molecule has 1 unspecified atom stereocenters. The molecule has 5 heteroatoms. The highest BCUT2D eigenvalue weighted by Gasteiger charge is 2.30. The Kier molecular flexibility index (Phi) is 4.99. The number of rotatable bonds is 3. The van der Waals surface area contributed by atoms with Gasteiger partial charge in [0.1, 0.15) is 6.54 Å². The molecule has 0 bridgehead atoms. The molecule has 2 aromatic rings. The summed E-state index contributed by atoms with van der Waals surface area (Å²) in [6, 6.07) is 8.68. The van der Waals surface area contributed by atoms with Crippen molar-refractivity contribution in [3.8, 4) is 0 Å². The maximum absolute atomic E-state index is 12.8. The zero-order valence-electron chi connectivity index (χ0n) is 16.0. The average molecular weight is 353 g/mol. The van der Waals surface area contributed by atoms with Gasteiger partial charge >= 0.3 is 5.69 Å². The molecule has 0 aliphatic carbocycles. The van der Waals surface area contributed by atoms with Crippen LogP contribution in [0.5, 0.6) is 0 Å². The number of hydrogen-bond acceptors (Lipinski definition) is 3. The van der Waals surface area contributed by atoms with E-state index < -0.39 is 0 Å². The van der Waals surface area contributed by atoms with Crippen LogP contribution in [-0.2, 0) is 16.8 Å². The maximum Gasteiger partial charge on any atom is 0.347 e. The smallest absolute Gasteiger partial charge is 0.334 e. The summed E-state index contributed by atoms with van der Waals surface area (Å²) in [5.74, 6) is -0.0260. The van der Waals surface area contributed by atoms with E-state index in [2.05, 4.69) is 50.0 Å². The van der Waals surface area contributed by atoms with Crippen molar-refractivity contribution >= 4 is 5.91 Å². The number of aromatic nitrogens is 2. The summed E-state index contributed by atoms with van der Waals surface area (Å²) < 4.78 is 1.40. The SMILES string of the molecule is Cc1cnc(=O)n(CC(=O)N2CCCC2c2ccc(C(C)(C)C)cc2)c1. The highest BCUT2D eigenvalue weighted by atomic mass is 16.2. The van der Waals surface area contributed by atoms with Gasteiger partial charge < -0.3 is 4.90 Å². The lowest BCUT2D eigenvalue weighted by molar-refractivity contribution is -0.132. The Labute approximate surface area is 154 Å². The fraction of sp³-hybridized carbons (Fsp3) is 0.476. The summed E-state index contributed by atoms with van der Waals surface area (Å²) in [6.07, 6.45) is 5.16. The Balaban J connectivity index is 1.78. The molecular weight excluding hydrogens is 326 g/mol. The highest BCUT2D eigenvalue weighted by molar-refractivity contribution is 5.77. The van der Waals surface area contributed by atoms with Crippen molar-refractivity contribution in [3.05, 3.63) is 63.8 Å². The zero-order valence-corrected chi connectivity index (χ0v) is 16.0. The van der Waals surface area contributed by atoms with Gasteiger partial charge in [0.15, 0.2) is 0 Å². The quantitative estimate of drug-likeness (QED) is 0.851. The molecule has 1 fully saturated rings. The van der Waals surface area contributed by atoms with Crippen LogP contribution < -0.4 is 5.69 Å². The van der Waals surface area contributed by atoms with E-state index >= 15 is 0 Å². The molecule has 3 rings (SSSR count). The Hall–Kier alpha value is -2.43. The van der Waals surface area contributed by atoms with E-state index in [1.807, 2.05) is 11.8 Å². The number of carbonyl (C=O) groups excluding carboxylic acids is 1. The van der Waals surface area contributed by atoms with E-state index in [9.17, 15) is 9.59 Å². The predicted molar refractivity (Wildman–Crippen MR) is 102 cm³/mol. The number of benzene rings is 1. The van der Waals surface area contributed by atoms with Gasteiger partial charge in [-0.25, -0.2) is 9.78 Å². The lowest BCUT2D eigenvalue weighted by atomic mass is 9.86.